The van der Waals surface area contributed by atoms with Crippen molar-refractivity contribution in [3.05, 3.63) is 30.0 Å². The molecule has 8 nitrogen and oxygen atoms in total. The second kappa shape index (κ2) is 5.71. The number of anilines is 1. The number of nitrogens with two attached hydrogens (primary N) is 1. The van der Waals surface area contributed by atoms with Crippen molar-refractivity contribution in [3.8, 4) is 0 Å². The number of aromatic amines is 1. The molecule has 8 heteroatoms. The monoisotopic (exact) mass is 247 g/mol. The summed E-state index contributed by atoms with van der Waals surface area (Å²) in [5.41, 5.74) is 5.63. The number of aromatic nitrogens is 5. The number of aryl methyl sites for hydroxylation is 1. The van der Waals surface area contributed by atoms with E-state index < -0.39 is 0 Å². The topological polar surface area (TPSA) is 122 Å². The predicted octanol–water partition coefficient (Wildman–Crippen LogP) is -0.461. The van der Waals surface area contributed by atoms with Crippen molar-refractivity contribution in [2.45, 2.75) is 12.8 Å². The zero-order valence-corrected chi connectivity index (χ0v) is 9.63. The average Bonchev–Trinajstić information content (AvgIpc) is 2.88. The Hall–Kier alpha value is -2.51. The number of rotatable bonds is 5. The van der Waals surface area contributed by atoms with Crippen LogP contribution in [0.1, 0.15) is 22.7 Å². The molecule has 0 bridgehead atoms. The summed E-state index contributed by atoms with van der Waals surface area (Å²) in [6.07, 6.45) is 2.95. The summed E-state index contributed by atoms with van der Waals surface area (Å²) < 4.78 is 0. The van der Waals surface area contributed by atoms with Crippen molar-refractivity contribution in [2.24, 2.45) is 0 Å². The largest absolute Gasteiger partial charge is 0.382 e. The molecule has 2 rings (SSSR count). The van der Waals surface area contributed by atoms with E-state index in [1.165, 1.54) is 18.5 Å². The lowest BCUT2D eigenvalue weighted by Gasteiger charge is -2.03. The lowest BCUT2D eigenvalue weighted by Crippen LogP contribution is -2.26. The molecule has 0 aliphatic carbocycles. The molecule has 0 aromatic carbocycles. The molecule has 0 aliphatic rings. The molecule has 18 heavy (non-hydrogen) atoms. The molecular formula is C10H13N7O. The van der Waals surface area contributed by atoms with Gasteiger partial charge >= 0.3 is 0 Å². The fourth-order valence-corrected chi connectivity index (χ4v) is 1.36. The van der Waals surface area contributed by atoms with Gasteiger partial charge in [-0.15, -0.1) is 10.2 Å². The fraction of sp³-hybridized carbons (Fsp3) is 0.300. The maximum absolute atomic E-state index is 11.6. The van der Waals surface area contributed by atoms with Crippen LogP contribution in [0.25, 0.3) is 0 Å². The molecule has 0 saturated heterocycles. The summed E-state index contributed by atoms with van der Waals surface area (Å²) in [6, 6.07) is 3.07. The third-order valence-electron chi connectivity index (χ3n) is 2.26. The Morgan fingerprint density at radius 1 is 1.39 bits per heavy atom. The minimum atomic E-state index is -0.264. The summed E-state index contributed by atoms with van der Waals surface area (Å²) in [5.74, 6) is 0.827. The summed E-state index contributed by atoms with van der Waals surface area (Å²) in [6.45, 7) is 0.533. The first-order valence-corrected chi connectivity index (χ1v) is 5.47. The molecule has 2 heterocycles. The number of hydrogen-bond donors (Lipinski definition) is 3. The number of nitrogens with one attached hydrogen (secondary N) is 2. The first-order chi connectivity index (χ1) is 8.75. The first kappa shape index (κ1) is 12.0. The molecule has 94 valence electrons. The van der Waals surface area contributed by atoms with E-state index in [1.54, 1.807) is 0 Å². The van der Waals surface area contributed by atoms with Crippen LogP contribution in [0.2, 0.25) is 0 Å². The van der Waals surface area contributed by atoms with Crippen LogP contribution in [0, 0.1) is 0 Å². The first-order valence-electron chi connectivity index (χ1n) is 5.47. The van der Waals surface area contributed by atoms with Crippen LogP contribution in [0.4, 0.5) is 5.82 Å². The van der Waals surface area contributed by atoms with E-state index in [0.29, 0.717) is 6.54 Å². The number of hydrogen-bond acceptors (Lipinski definition) is 6. The van der Waals surface area contributed by atoms with Crippen molar-refractivity contribution in [1.29, 1.82) is 0 Å². The molecule has 0 spiro atoms. The third-order valence-corrected chi connectivity index (χ3v) is 2.26. The van der Waals surface area contributed by atoms with E-state index >= 15 is 0 Å². The van der Waals surface area contributed by atoms with Gasteiger partial charge in [-0.1, -0.05) is 0 Å². The molecule has 2 aromatic heterocycles. The highest BCUT2D eigenvalue weighted by Gasteiger charge is 2.06. The van der Waals surface area contributed by atoms with E-state index in [0.717, 1.165) is 18.7 Å². The Labute approximate surface area is 103 Å². The number of amides is 1. The van der Waals surface area contributed by atoms with Crippen molar-refractivity contribution in [1.82, 2.24) is 30.7 Å². The van der Waals surface area contributed by atoms with Crippen molar-refractivity contribution in [3.63, 3.8) is 0 Å². The van der Waals surface area contributed by atoms with E-state index in [-0.39, 0.29) is 17.4 Å². The van der Waals surface area contributed by atoms with Gasteiger partial charge in [-0.3, -0.25) is 9.89 Å². The van der Waals surface area contributed by atoms with Crippen molar-refractivity contribution in [2.75, 3.05) is 12.3 Å². The van der Waals surface area contributed by atoms with Gasteiger partial charge in [-0.05, 0) is 18.6 Å². The highest BCUT2D eigenvalue weighted by molar-refractivity contribution is 5.92. The molecule has 0 saturated carbocycles. The standard InChI is InChI=1S/C10H13N7O/c11-8-4-3-7(15-16-8)10(18)12-5-1-2-9-13-6-14-17-9/h3-4,6H,1-2,5H2,(H2,11,16)(H,12,18)(H,13,14,17). The van der Waals surface area contributed by atoms with E-state index in [9.17, 15) is 4.79 Å². The van der Waals surface area contributed by atoms with Crippen molar-refractivity contribution < 1.29 is 4.79 Å². The van der Waals surface area contributed by atoms with Crippen LogP contribution in [-0.2, 0) is 6.42 Å². The van der Waals surface area contributed by atoms with Crippen LogP contribution >= 0.6 is 0 Å². The van der Waals surface area contributed by atoms with Gasteiger partial charge in [-0.2, -0.15) is 5.10 Å². The second-order valence-corrected chi connectivity index (χ2v) is 3.64. The summed E-state index contributed by atoms with van der Waals surface area (Å²) >= 11 is 0. The molecule has 4 N–H and O–H groups in total. The van der Waals surface area contributed by atoms with Crippen LogP contribution in [0.3, 0.4) is 0 Å². The number of nitrogen functional groups attached to an aromatic ring is 1. The summed E-state index contributed by atoms with van der Waals surface area (Å²) in [7, 11) is 0. The van der Waals surface area contributed by atoms with Gasteiger partial charge in [0.25, 0.3) is 5.91 Å². The Morgan fingerprint density at radius 3 is 2.94 bits per heavy atom. The number of nitrogens with zero attached hydrogens (tertiary/aromatic N) is 4. The van der Waals surface area contributed by atoms with Crippen LogP contribution < -0.4 is 11.1 Å². The molecule has 2 aromatic rings. The molecule has 0 fully saturated rings. The minimum Gasteiger partial charge on any atom is -0.382 e. The average molecular weight is 247 g/mol. The van der Waals surface area contributed by atoms with E-state index in [4.69, 9.17) is 5.73 Å². The highest BCUT2D eigenvalue weighted by atomic mass is 16.1. The SMILES string of the molecule is Nc1ccc(C(=O)NCCCc2ncn[nH]2)nn1. The Balaban J connectivity index is 1.73. The van der Waals surface area contributed by atoms with Gasteiger partial charge in [0.15, 0.2) is 5.69 Å². The Kier molecular flexibility index (Phi) is 3.79. The van der Waals surface area contributed by atoms with Crippen molar-refractivity contribution >= 4 is 11.7 Å². The number of carbonyl (C=O) groups excluding carboxylic acids is 1. The molecule has 0 atom stereocenters. The zero-order valence-electron chi connectivity index (χ0n) is 9.63. The third kappa shape index (κ3) is 3.24. The number of carbonyl (C=O) groups is 1. The zero-order chi connectivity index (χ0) is 12.8. The summed E-state index contributed by atoms with van der Waals surface area (Å²) in [5, 5.41) is 16.5. The lowest BCUT2D eigenvalue weighted by atomic mass is 10.3. The van der Waals surface area contributed by atoms with Gasteiger partial charge in [0.2, 0.25) is 0 Å². The lowest BCUT2D eigenvalue weighted by molar-refractivity contribution is 0.0947. The van der Waals surface area contributed by atoms with Gasteiger partial charge in [0, 0.05) is 13.0 Å². The normalized spacial score (nSPS) is 10.2. The molecule has 0 unspecified atom stereocenters. The van der Waals surface area contributed by atoms with Gasteiger partial charge < -0.3 is 11.1 Å². The van der Waals surface area contributed by atoms with Crippen LogP contribution in [0.5, 0.6) is 0 Å². The Bertz CT molecular complexity index is 493. The minimum absolute atomic E-state index is 0.254. The molecule has 1 amide bonds. The Morgan fingerprint density at radius 2 is 2.28 bits per heavy atom. The smallest absolute Gasteiger partial charge is 0.271 e. The van der Waals surface area contributed by atoms with Gasteiger partial charge in [-0.25, -0.2) is 4.98 Å². The van der Waals surface area contributed by atoms with Gasteiger partial charge in [0.05, 0.1) is 0 Å². The predicted molar refractivity (Wildman–Crippen MR) is 63.5 cm³/mol. The molecule has 0 radical (unpaired) electrons. The summed E-state index contributed by atoms with van der Waals surface area (Å²) in [4.78, 5) is 15.6. The fourth-order valence-electron chi connectivity index (χ4n) is 1.36. The van der Waals surface area contributed by atoms with Gasteiger partial charge in [0.1, 0.15) is 18.0 Å². The molecule has 0 aliphatic heterocycles. The van der Waals surface area contributed by atoms with Crippen LogP contribution in [-0.4, -0.2) is 37.8 Å². The van der Waals surface area contributed by atoms with E-state index in [1.807, 2.05) is 0 Å². The van der Waals surface area contributed by atoms with E-state index in [2.05, 4.69) is 30.7 Å². The quantitative estimate of drug-likeness (QED) is 0.614. The maximum atomic E-state index is 11.6. The highest BCUT2D eigenvalue weighted by Crippen LogP contribution is 1.97. The second-order valence-electron chi connectivity index (χ2n) is 3.64. The molecular weight excluding hydrogens is 234 g/mol. The van der Waals surface area contributed by atoms with Crippen LogP contribution in [0.15, 0.2) is 18.5 Å². The maximum Gasteiger partial charge on any atom is 0.271 e. The number of H-pyrrole nitrogens is 1.